The van der Waals surface area contributed by atoms with Gasteiger partial charge in [-0.15, -0.1) is 11.6 Å². The second kappa shape index (κ2) is 4.29. The Labute approximate surface area is 116 Å². The number of carboxylic acid groups (broad SMARTS) is 1. The average Bonchev–Trinajstić information content (AvgIpc) is 2.74. The molecule has 0 saturated heterocycles. The molecule has 0 aromatic heterocycles. The zero-order valence-corrected chi connectivity index (χ0v) is 11.7. The van der Waals surface area contributed by atoms with Crippen LogP contribution in [0.3, 0.4) is 0 Å². The van der Waals surface area contributed by atoms with E-state index in [1.165, 1.54) is 0 Å². The molecule has 0 radical (unpaired) electrons. The maximum atomic E-state index is 11.2. The van der Waals surface area contributed by atoms with Gasteiger partial charge in [-0.25, -0.2) is 0 Å². The molecule has 18 heavy (non-hydrogen) atoms. The summed E-state index contributed by atoms with van der Waals surface area (Å²) >= 11 is 12.0. The topological polar surface area (TPSA) is 37.3 Å². The Bertz CT molecular complexity index is 505. The number of carbonyl (C=O) groups is 1. The number of rotatable bonds is 3. The molecule has 2 rings (SSSR count). The van der Waals surface area contributed by atoms with E-state index in [9.17, 15) is 4.79 Å². The summed E-state index contributed by atoms with van der Waals surface area (Å²) in [6, 6.07) is 7.35. The molecule has 0 spiro atoms. The van der Waals surface area contributed by atoms with Gasteiger partial charge in [0.15, 0.2) is 4.87 Å². The maximum absolute atomic E-state index is 11.2. The fourth-order valence-electron chi connectivity index (χ4n) is 2.31. The van der Waals surface area contributed by atoms with Crippen LogP contribution in [0.5, 0.6) is 0 Å². The SMILES string of the molecule is CC1(C)C(C=Cc2ccc(Cl)cc2)C1(Cl)C(=O)O. The van der Waals surface area contributed by atoms with Gasteiger partial charge in [0.05, 0.1) is 0 Å². The number of hydrogen-bond acceptors (Lipinski definition) is 1. The van der Waals surface area contributed by atoms with Crippen LogP contribution in [-0.4, -0.2) is 16.0 Å². The molecule has 4 heteroatoms. The van der Waals surface area contributed by atoms with Crippen molar-refractivity contribution in [3.05, 3.63) is 40.9 Å². The van der Waals surface area contributed by atoms with Gasteiger partial charge in [-0.3, -0.25) is 4.79 Å². The molecule has 1 saturated carbocycles. The Hall–Kier alpha value is -0.990. The molecule has 2 nitrogen and oxygen atoms in total. The first-order valence-electron chi connectivity index (χ1n) is 5.66. The Balaban J connectivity index is 2.17. The van der Waals surface area contributed by atoms with E-state index in [2.05, 4.69) is 0 Å². The van der Waals surface area contributed by atoms with Crippen molar-refractivity contribution in [3.63, 3.8) is 0 Å². The van der Waals surface area contributed by atoms with Crippen molar-refractivity contribution in [1.82, 2.24) is 0 Å². The zero-order valence-electron chi connectivity index (χ0n) is 10.2. The molecule has 0 heterocycles. The third kappa shape index (κ3) is 1.94. The molecular formula is C14H14Cl2O2. The van der Waals surface area contributed by atoms with Crippen molar-refractivity contribution in [2.75, 3.05) is 0 Å². The minimum atomic E-state index is -1.18. The second-order valence-electron chi connectivity index (χ2n) is 5.13. The van der Waals surface area contributed by atoms with Crippen molar-refractivity contribution >= 4 is 35.2 Å². The van der Waals surface area contributed by atoms with Gasteiger partial charge in [-0.2, -0.15) is 0 Å². The summed E-state index contributed by atoms with van der Waals surface area (Å²) in [7, 11) is 0. The lowest BCUT2D eigenvalue weighted by atomic mass is 10.1. The molecule has 1 aliphatic rings. The molecule has 0 bridgehead atoms. The highest BCUT2D eigenvalue weighted by atomic mass is 35.5. The lowest BCUT2D eigenvalue weighted by molar-refractivity contribution is -0.138. The maximum Gasteiger partial charge on any atom is 0.325 e. The summed E-state index contributed by atoms with van der Waals surface area (Å²) in [6.07, 6.45) is 3.75. The van der Waals surface area contributed by atoms with Crippen LogP contribution < -0.4 is 0 Å². The minimum absolute atomic E-state index is 0.167. The van der Waals surface area contributed by atoms with Gasteiger partial charge >= 0.3 is 5.97 Å². The van der Waals surface area contributed by atoms with Gasteiger partial charge < -0.3 is 5.11 Å². The van der Waals surface area contributed by atoms with E-state index in [-0.39, 0.29) is 5.92 Å². The predicted molar refractivity (Wildman–Crippen MR) is 74.0 cm³/mol. The van der Waals surface area contributed by atoms with Gasteiger partial charge in [-0.05, 0) is 17.7 Å². The van der Waals surface area contributed by atoms with E-state index < -0.39 is 16.3 Å². The Kier molecular flexibility index (Phi) is 3.20. The molecule has 1 aromatic rings. The molecule has 96 valence electrons. The summed E-state index contributed by atoms with van der Waals surface area (Å²) in [5, 5.41) is 9.85. The molecular weight excluding hydrogens is 271 g/mol. The third-order valence-electron chi connectivity index (χ3n) is 3.72. The van der Waals surface area contributed by atoms with Crippen molar-refractivity contribution in [1.29, 1.82) is 0 Å². The Morgan fingerprint density at radius 2 is 1.89 bits per heavy atom. The van der Waals surface area contributed by atoms with Gasteiger partial charge in [0.2, 0.25) is 0 Å². The first-order valence-corrected chi connectivity index (χ1v) is 6.42. The molecule has 2 atom stereocenters. The normalized spacial score (nSPS) is 29.4. The van der Waals surface area contributed by atoms with Gasteiger partial charge in [0, 0.05) is 16.4 Å². The van der Waals surface area contributed by atoms with Crippen molar-refractivity contribution in [2.45, 2.75) is 18.7 Å². The second-order valence-corrected chi connectivity index (χ2v) is 6.16. The number of aliphatic carboxylic acids is 1. The van der Waals surface area contributed by atoms with E-state index in [4.69, 9.17) is 28.3 Å². The van der Waals surface area contributed by atoms with Crippen LogP contribution >= 0.6 is 23.2 Å². The summed E-state index contributed by atoms with van der Waals surface area (Å²) in [4.78, 5) is 10.00. The molecule has 1 N–H and O–H groups in total. The number of alkyl halides is 1. The number of allylic oxidation sites excluding steroid dienone is 1. The molecule has 1 aromatic carbocycles. The van der Waals surface area contributed by atoms with Crippen molar-refractivity contribution in [2.24, 2.45) is 11.3 Å². The standard InChI is InChI=1S/C14H14Cl2O2/c1-13(2)11(14(13,16)12(17)18)8-5-9-3-6-10(15)7-4-9/h3-8,11H,1-2H3,(H,17,18). The molecule has 2 unspecified atom stereocenters. The van der Waals surface area contributed by atoms with Crippen LogP contribution in [0, 0.1) is 11.3 Å². The molecule has 0 aliphatic heterocycles. The number of benzene rings is 1. The highest BCUT2D eigenvalue weighted by Gasteiger charge is 2.74. The largest absolute Gasteiger partial charge is 0.480 e. The fourth-order valence-corrected chi connectivity index (χ4v) is 2.85. The third-order valence-corrected chi connectivity index (χ3v) is 4.86. The van der Waals surface area contributed by atoms with Gasteiger partial charge in [0.25, 0.3) is 0 Å². The Morgan fingerprint density at radius 1 is 1.33 bits per heavy atom. The minimum Gasteiger partial charge on any atom is -0.480 e. The van der Waals surface area contributed by atoms with E-state index in [1.807, 2.05) is 38.1 Å². The molecule has 0 amide bonds. The Morgan fingerprint density at radius 3 is 2.33 bits per heavy atom. The van der Waals surface area contributed by atoms with Crippen LogP contribution in [-0.2, 0) is 4.79 Å². The average molecular weight is 285 g/mol. The predicted octanol–water partition coefficient (Wildman–Crippen LogP) is 4.07. The molecule has 1 fully saturated rings. The van der Waals surface area contributed by atoms with Crippen molar-refractivity contribution < 1.29 is 9.90 Å². The first kappa shape index (κ1) is 13.4. The highest BCUT2D eigenvalue weighted by Crippen LogP contribution is 2.66. The fraction of sp³-hybridized carbons (Fsp3) is 0.357. The molecule has 1 aliphatic carbocycles. The number of hydrogen-bond donors (Lipinski definition) is 1. The van der Waals surface area contributed by atoms with E-state index in [0.29, 0.717) is 5.02 Å². The lowest BCUT2D eigenvalue weighted by Crippen LogP contribution is -2.21. The highest BCUT2D eigenvalue weighted by molar-refractivity contribution is 6.37. The number of carboxylic acids is 1. The van der Waals surface area contributed by atoms with Gasteiger partial charge in [0.1, 0.15) is 0 Å². The smallest absolute Gasteiger partial charge is 0.325 e. The number of halogens is 2. The summed E-state index contributed by atoms with van der Waals surface area (Å²) in [5.41, 5.74) is 0.551. The van der Waals surface area contributed by atoms with Crippen LogP contribution in [0.4, 0.5) is 0 Å². The van der Waals surface area contributed by atoms with Gasteiger partial charge in [-0.1, -0.05) is 49.7 Å². The zero-order chi connectivity index (χ0) is 13.6. The van der Waals surface area contributed by atoms with Crippen molar-refractivity contribution in [3.8, 4) is 0 Å². The lowest BCUT2D eigenvalue weighted by Gasteiger charge is -2.03. The summed E-state index contributed by atoms with van der Waals surface area (Å²) < 4.78 is 0. The first-order chi connectivity index (χ1) is 8.30. The van der Waals surface area contributed by atoms with Crippen LogP contribution in [0.1, 0.15) is 19.4 Å². The van der Waals surface area contributed by atoms with Crippen LogP contribution in [0.2, 0.25) is 5.02 Å². The summed E-state index contributed by atoms with van der Waals surface area (Å²) in [5.74, 6) is -1.13. The van der Waals surface area contributed by atoms with Crippen LogP contribution in [0.15, 0.2) is 30.3 Å². The van der Waals surface area contributed by atoms with E-state index in [0.717, 1.165) is 5.56 Å². The summed E-state index contributed by atoms with van der Waals surface area (Å²) in [6.45, 7) is 3.73. The monoisotopic (exact) mass is 284 g/mol. The van der Waals surface area contributed by atoms with E-state index in [1.54, 1.807) is 12.1 Å². The van der Waals surface area contributed by atoms with Crippen LogP contribution in [0.25, 0.3) is 6.08 Å². The quantitative estimate of drug-likeness (QED) is 0.850. The van der Waals surface area contributed by atoms with E-state index >= 15 is 0 Å².